The van der Waals surface area contributed by atoms with E-state index in [1.54, 1.807) is 0 Å². The van der Waals surface area contributed by atoms with Crippen LogP contribution < -0.4 is 5.32 Å². The molecule has 2 aromatic heterocycles. The highest BCUT2D eigenvalue weighted by Crippen LogP contribution is 2.13. The molecule has 0 amide bonds. The van der Waals surface area contributed by atoms with Crippen molar-refractivity contribution in [1.29, 1.82) is 0 Å². The number of fused-ring (bicyclic) bond motifs is 1. The molecule has 0 aliphatic heterocycles. The molecular formula is C16H15F2N3. The standard InChI is InChI=1S/C16H15F2N3/c1-11-15(21-7-3-2-4-16(21)20-11)10-19-9-12-8-13(17)5-6-14(12)18/h2-8,19H,9-10H2,1H3. The Morgan fingerprint density at radius 3 is 2.86 bits per heavy atom. The molecule has 0 unspecified atom stereocenters. The Hall–Kier alpha value is -2.27. The lowest BCUT2D eigenvalue weighted by atomic mass is 10.2. The van der Waals surface area contributed by atoms with Crippen molar-refractivity contribution in [3.05, 3.63) is 71.2 Å². The third-order valence-electron chi connectivity index (χ3n) is 3.44. The number of aryl methyl sites for hydroxylation is 1. The van der Waals surface area contributed by atoms with Gasteiger partial charge >= 0.3 is 0 Å². The van der Waals surface area contributed by atoms with E-state index in [0.29, 0.717) is 12.1 Å². The second-order valence-corrected chi connectivity index (χ2v) is 4.91. The van der Waals surface area contributed by atoms with Crippen LogP contribution in [-0.2, 0) is 13.1 Å². The van der Waals surface area contributed by atoms with Gasteiger partial charge in [0.1, 0.15) is 17.3 Å². The smallest absolute Gasteiger partial charge is 0.137 e. The molecule has 0 bridgehead atoms. The molecule has 3 aromatic rings. The van der Waals surface area contributed by atoms with Crippen LogP contribution in [0.2, 0.25) is 0 Å². The highest BCUT2D eigenvalue weighted by atomic mass is 19.1. The summed E-state index contributed by atoms with van der Waals surface area (Å²) in [6.07, 6.45) is 1.94. The van der Waals surface area contributed by atoms with E-state index in [4.69, 9.17) is 0 Å². The molecule has 0 aliphatic carbocycles. The average molecular weight is 287 g/mol. The topological polar surface area (TPSA) is 29.3 Å². The molecule has 3 nitrogen and oxygen atoms in total. The Morgan fingerprint density at radius 2 is 2.00 bits per heavy atom. The van der Waals surface area contributed by atoms with Crippen LogP contribution in [0.3, 0.4) is 0 Å². The van der Waals surface area contributed by atoms with Crippen molar-refractivity contribution in [2.24, 2.45) is 0 Å². The van der Waals surface area contributed by atoms with E-state index in [1.165, 1.54) is 6.07 Å². The van der Waals surface area contributed by atoms with Gasteiger partial charge in [0.05, 0.1) is 11.4 Å². The number of nitrogens with one attached hydrogen (secondary N) is 1. The Morgan fingerprint density at radius 1 is 1.14 bits per heavy atom. The van der Waals surface area contributed by atoms with Gasteiger partial charge in [0.2, 0.25) is 0 Å². The summed E-state index contributed by atoms with van der Waals surface area (Å²) in [5, 5.41) is 3.14. The van der Waals surface area contributed by atoms with Crippen LogP contribution in [0.4, 0.5) is 8.78 Å². The van der Waals surface area contributed by atoms with E-state index in [9.17, 15) is 8.78 Å². The van der Waals surface area contributed by atoms with Crippen LogP contribution in [-0.4, -0.2) is 9.38 Å². The van der Waals surface area contributed by atoms with Crippen molar-refractivity contribution < 1.29 is 8.78 Å². The number of nitrogens with zero attached hydrogens (tertiary/aromatic N) is 2. The van der Waals surface area contributed by atoms with Crippen LogP contribution in [0.5, 0.6) is 0 Å². The van der Waals surface area contributed by atoms with Gasteiger partial charge in [0.25, 0.3) is 0 Å². The molecule has 0 aliphatic rings. The first-order valence-electron chi connectivity index (χ1n) is 6.72. The highest BCUT2D eigenvalue weighted by molar-refractivity contribution is 5.42. The summed E-state index contributed by atoms with van der Waals surface area (Å²) in [5.41, 5.74) is 3.14. The summed E-state index contributed by atoms with van der Waals surface area (Å²) >= 11 is 0. The number of pyridine rings is 1. The maximum absolute atomic E-state index is 13.5. The molecule has 0 radical (unpaired) electrons. The summed E-state index contributed by atoms with van der Waals surface area (Å²) < 4.78 is 28.6. The lowest BCUT2D eigenvalue weighted by Gasteiger charge is -2.07. The molecule has 0 fully saturated rings. The van der Waals surface area contributed by atoms with E-state index in [-0.39, 0.29) is 6.54 Å². The maximum atomic E-state index is 13.5. The molecule has 1 N–H and O–H groups in total. The normalized spacial score (nSPS) is 11.2. The predicted octanol–water partition coefficient (Wildman–Crippen LogP) is 3.21. The van der Waals surface area contributed by atoms with Crippen molar-refractivity contribution in [2.75, 3.05) is 0 Å². The predicted molar refractivity (Wildman–Crippen MR) is 76.8 cm³/mol. The Balaban J connectivity index is 1.75. The van der Waals surface area contributed by atoms with Crippen molar-refractivity contribution in [1.82, 2.24) is 14.7 Å². The van der Waals surface area contributed by atoms with E-state index in [1.807, 2.05) is 35.7 Å². The second kappa shape index (κ2) is 5.61. The maximum Gasteiger partial charge on any atom is 0.137 e. The molecule has 0 saturated carbocycles. The zero-order valence-electron chi connectivity index (χ0n) is 11.6. The number of aromatic nitrogens is 2. The van der Waals surface area contributed by atoms with Crippen molar-refractivity contribution >= 4 is 5.65 Å². The van der Waals surface area contributed by atoms with E-state index in [0.717, 1.165) is 29.2 Å². The van der Waals surface area contributed by atoms with Gasteiger partial charge in [-0.3, -0.25) is 0 Å². The van der Waals surface area contributed by atoms with Gasteiger partial charge in [0.15, 0.2) is 0 Å². The minimum atomic E-state index is -0.431. The summed E-state index contributed by atoms with van der Waals surface area (Å²) in [5.74, 6) is -0.835. The Kier molecular flexibility index (Phi) is 3.66. The van der Waals surface area contributed by atoms with Crippen LogP contribution in [0.15, 0.2) is 42.6 Å². The fourth-order valence-electron chi connectivity index (χ4n) is 2.37. The van der Waals surface area contributed by atoms with Gasteiger partial charge in [-0.25, -0.2) is 13.8 Å². The summed E-state index contributed by atoms with van der Waals surface area (Å²) in [7, 11) is 0. The van der Waals surface area contributed by atoms with Gasteiger partial charge in [-0.15, -0.1) is 0 Å². The SMILES string of the molecule is Cc1nc2ccccn2c1CNCc1cc(F)ccc1F. The fourth-order valence-corrected chi connectivity index (χ4v) is 2.37. The first kappa shape index (κ1) is 13.7. The molecule has 0 atom stereocenters. The first-order valence-corrected chi connectivity index (χ1v) is 6.72. The van der Waals surface area contributed by atoms with Crippen molar-refractivity contribution in [2.45, 2.75) is 20.0 Å². The van der Waals surface area contributed by atoms with E-state index in [2.05, 4.69) is 10.3 Å². The van der Waals surface area contributed by atoms with Crippen LogP contribution in [0.25, 0.3) is 5.65 Å². The molecule has 0 saturated heterocycles. The molecule has 108 valence electrons. The highest BCUT2D eigenvalue weighted by Gasteiger charge is 2.08. The van der Waals surface area contributed by atoms with Crippen molar-refractivity contribution in [3.8, 4) is 0 Å². The minimum absolute atomic E-state index is 0.267. The minimum Gasteiger partial charge on any atom is -0.307 e. The van der Waals surface area contributed by atoms with Crippen LogP contribution in [0, 0.1) is 18.6 Å². The van der Waals surface area contributed by atoms with E-state index < -0.39 is 11.6 Å². The Labute approximate surface area is 121 Å². The Bertz CT molecular complexity index is 780. The number of hydrogen-bond acceptors (Lipinski definition) is 2. The van der Waals surface area contributed by atoms with E-state index >= 15 is 0 Å². The molecule has 5 heteroatoms. The van der Waals surface area contributed by atoms with Gasteiger partial charge in [-0.1, -0.05) is 6.07 Å². The molecular weight excluding hydrogens is 272 g/mol. The number of halogens is 2. The molecule has 21 heavy (non-hydrogen) atoms. The second-order valence-electron chi connectivity index (χ2n) is 4.91. The monoisotopic (exact) mass is 287 g/mol. The van der Waals surface area contributed by atoms with Crippen LogP contribution >= 0.6 is 0 Å². The van der Waals surface area contributed by atoms with Crippen LogP contribution in [0.1, 0.15) is 17.0 Å². The third kappa shape index (κ3) is 2.78. The molecule has 0 spiro atoms. The summed E-state index contributed by atoms with van der Waals surface area (Å²) in [6.45, 7) is 2.74. The lowest BCUT2D eigenvalue weighted by Crippen LogP contribution is -2.16. The average Bonchev–Trinajstić information content (AvgIpc) is 2.79. The number of imidazole rings is 1. The molecule has 2 heterocycles. The third-order valence-corrected chi connectivity index (χ3v) is 3.44. The van der Waals surface area contributed by atoms with Gasteiger partial charge in [-0.2, -0.15) is 0 Å². The fraction of sp³-hybridized carbons (Fsp3) is 0.188. The zero-order valence-corrected chi connectivity index (χ0v) is 11.6. The quantitative estimate of drug-likeness (QED) is 0.798. The zero-order chi connectivity index (χ0) is 14.8. The first-order chi connectivity index (χ1) is 10.1. The number of hydrogen-bond donors (Lipinski definition) is 1. The van der Waals surface area contributed by atoms with Gasteiger partial charge in [-0.05, 0) is 37.3 Å². The lowest BCUT2D eigenvalue weighted by molar-refractivity contribution is 0.566. The van der Waals surface area contributed by atoms with Crippen molar-refractivity contribution in [3.63, 3.8) is 0 Å². The number of rotatable bonds is 4. The largest absolute Gasteiger partial charge is 0.307 e. The van der Waals surface area contributed by atoms with Gasteiger partial charge in [0, 0.05) is 24.8 Å². The summed E-state index contributed by atoms with van der Waals surface area (Å²) in [6, 6.07) is 9.27. The molecule has 3 rings (SSSR count). The number of benzene rings is 1. The summed E-state index contributed by atoms with van der Waals surface area (Å²) in [4.78, 5) is 4.46. The van der Waals surface area contributed by atoms with Gasteiger partial charge < -0.3 is 9.72 Å². The molecule has 1 aromatic carbocycles.